The molecule has 1 atom stereocenters. The van der Waals surface area contributed by atoms with Gasteiger partial charge in [-0.25, -0.2) is 0 Å². The Morgan fingerprint density at radius 3 is 2.23 bits per heavy atom. The number of hydrogen-bond acceptors (Lipinski definition) is 4. The summed E-state index contributed by atoms with van der Waals surface area (Å²) in [7, 11) is 0. The molecule has 72 valence electrons. The number of carbonyl (C=O) groups is 2. The summed E-state index contributed by atoms with van der Waals surface area (Å²) in [5, 5.41) is 0.493. The van der Waals surface area contributed by atoms with Crippen molar-refractivity contribution in [2.45, 2.75) is 26.9 Å². The van der Waals surface area contributed by atoms with Crippen LogP contribution in [0.2, 0.25) is 0 Å². The van der Waals surface area contributed by atoms with Crippen LogP contribution in [-0.2, 0) is 14.3 Å². The maximum Gasteiger partial charge on any atom is 0.168 e. The fraction of sp³-hybridized carbons (Fsp3) is 0.556. The summed E-state index contributed by atoms with van der Waals surface area (Å²) in [4.78, 5) is 22.2. The van der Waals surface area contributed by atoms with E-state index < -0.39 is 0 Å². The highest BCUT2D eigenvalue weighted by atomic mass is 32.2. The number of ether oxygens (including phenoxy) is 1. The second-order valence-corrected chi connectivity index (χ2v) is 4.01. The number of allylic oxidation sites excluding steroid dienone is 1. The summed E-state index contributed by atoms with van der Waals surface area (Å²) in [6, 6.07) is 0. The normalized spacial score (nSPS) is 21.2. The zero-order chi connectivity index (χ0) is 10.0. The molecule has 1 aliphatic heterocycles. The van der Waals surface area contributed by atoms with E-state index in [1.165, 1.54) is 25.6 Å². The molecule has 3 nitrogen and oxygen atoms in total. The lowest BCUT2D eigenvalue weighted by molar-refractivity contribution is -0.119. The molecule has 0 N–H and O–H groups in total. The minimum absolute atomic E-state index is 0.0914. The van der Waals surface area contributed by atoms with Gasteiger partial charge in [-0.1, -0.05) is 11.8 Å². The molecule has 0 aromatic heterocycles. The van der Waals surface area contributed by atoms with E-state index in [1.807, 2.05) is 6.92 Å². The molecule has 1 fully saturated rings. The van der Waals surface area contributed by atoms with Gasteiger partial charge in [0.05, 0.1) is 0 Å². The lowest BCUT2D eigenvalue weighted by atomic mass is 10.1. The Kier molecular flexibility index (Phi) is 3.14. The summed E-state index contributed by atoms with van der Waals surface area (Å²) >= 11 is 1.43. The molecule has 13 heavy (non-hydrogen) atoms. The SMILES string of the molecule is CC(=O)C(C(C)=O)=C1O[C@H](C)CS1. The van der Waals surface area contributed by atoms with Crippen molar-refractivity contribution in [3.05, 3.63) is 10.7 Å². The van der Waals surface area contributed by atoms with Crippen LogP contribution in [0.3, 0.4) is 0 Å². The molecule has 1 rings (SSSR count). The summed E-state index contributed by atoms with van der Waals surface area (Å²) < 4.78 is 5.35. The fourth-order valence-corrected chi connectivity index (χ4v) is 2.23. The minimum Gasteiger partial charge on any atom is -0.483 e. The van der Waals surface area contributed by atoms with Crippen LogP contribution in [0.25, 0.3) is 0 Å². The van der Waals surface area contributed by atoms with Gasteiger partial charge in [0.1, 0.15) is 11.7 Å². The van der Waals surface area contributed by atoms with Gasteiger partial charge >= 0.3 is 0 Å². The molecule has 0 amide bonds. The first-order valence-electron chi connectivity index (χ1n) is 4.08. The summed E-state index contributed by atoms with van der Waals surface area (Å²) in [6.45, 7) is 4.69. The van der Waals surface area contributed by atoms with Crippen LogP contribution in [0.4, 0.5) is 0 Å². The maximum atomic E-state index is 11.1. The van der Waals surface area contributed by atoms with E-state index in [1.54, 1.807) is 0 Å². The third kappa shape index (κ3) is 2.34. The molecular weight excluding hydrogens is 188 g/mol. The first kappa shape index (κ1) is 10.3. The molecule has 0 aromatic carbocycles. The molecule has 1 heterocycles. The van der Waals surface area contributed by atoms with Gasteiger partial charge in [-0.3, -0.25) is 9.59 Å². The van der Waals surface area contributed by atoms with Gasteiger partial charge in [-0.05, 0) is 20.8 Å². The molecule has 0 aliphatic carbocycles. The van der Waals surface area contributed by atoms with Crippen LogP contribution in [0, 0.1) is 0 Å². The van der Waals surface area contributed by atoms with Crippen LogP contribution in [0.1, 0.15) is 20.8 Å². The van der Waals surface area contributed by atoms with E-state index in [0.29, 0.717) is 5.09 Å². The monoisotopic (exact) mass is 200 g/mol. The van der Waals surface area contributed by atoms with Crippen molar-refractivity contribution in [2.75, 3.05) is 5.75 Å². The lowest BCUT2D eigenvalue weighted by Crippen LogP contribution is -2.10. The molecule has 0 unspecified atom stereocenters. The van der Waals surface area contributed by atoms with Crippen LogP contribution in [0.15, 0.2) is 10.7 Å². The van der Waals surface area contributed by atoms with Gasteiger partial charge in [-0.2, -0.15) is 0 Å². The smallest absolute Gasteiger partial charge is 0.168 e. The highest BCUT2D eigenvalue weighted by Crippen LogP contribution is 2.31. The Labute approximate surface area is 81.5 Å². The van der Waals surface area contributed by atoms with E-state index in [-0.39, 0.29) is 23.2 Å². The number of Topliss-reactive ketones (excluding diaryl/α,β-unsaturated/α-hetero) is 2. The molecular formula is C9H12O3S. The Balaban J connectivity index is 2.97. The number of carbonyl (C=O) groups excluding carboxylic acids is 2. The zero-order valence-electron chi connectivity index (χ0n) is 7.92. The van der Waals surface area contributed by atoms with Crippen LogP contribution >= 0.6 is 11.8 Å². The van der Waals surface area contributed by atoms with Crippen LogP contribution in [-0.4, -0.2) is 23.4 Å². The topological polar surface area (TPSA) is 43.4 Å². The van der Waals surface area contributed by atoms with Crippen molar-refractivity contribution < 1.29 is 14.3 Å². The van der Waals surface area contributed by atoms with E-state index in [0.717, 1.165) is 5.75 Å². The van der Waals surface area contributed by atoms with Gasteiger partial charge in [0, 0.05) is 5.75 Å². The first-order valence-corrected chi connectivity index (χ1v) is 5.06. The van der Waals surface area contributed by atoms with E-state index in [9.17, 15) is 9.59 Å². The first-order chi connectivity index (χ1) is 6.02. The number of rotatable bonds is 2. The maximum absolute atomic E-state index is 11.1. The highest BCUT2D eigenvalue weighted by molar-refractivity contribution is 8.03. The number of hydrogen-bond donors (Lipinski definition) is 0. The van der Waals surface area contributed by atoms with E-state index in [4.69, 9.17) is 4.74 Å². The van der Waals surface area contributed by atoms with Crippen molar-refractivity contribution in [3.8, 4) is 0 Å². The molecule has 0 spiro atoms. The van der Waals surface area contributed by atoms with Crippen LogP contribution < -0.4 is 0 Å². The molecule has 1 aliphatic rings. The third-order valence-corrected chi connectivity index (χ3v) is 2.86. The van der Waals surface area contributed by atoms with Gasteiger partial charge in [0.2, 0.25) is 0 Å². The van der Waals surface area contributed by atoms with Crippen LogP contribution in [0.5, 0.6) is 0 Å². The Hall–Kier alpha value is -0.770. The molecule has 0 radical (unpaired) electrons. The average Bonchev–Trinajstić information content (AvgIpc) is 2.34. The standard InChI is InChI=1S/C9H12O3S/c1-5-4-13-9(12-5)8(6(2)10)7(3)11/h5H,4H2,1-3H3/t5-/m1/s1. The number of thioether (sulfide) groups is 1. The van der Waals surface area contributed by atoms with Crippen molar-refractivity contribution in [2.24, 2.45) is 0 Å². The quantitative estimate of drug-likeness (QED) is 0.385. The zero-order valence-corrected chi connectivity index (χ0v) is 8.73. The molecule has 0 saturated carbocycles. The van der Waals surface area contributed by atoms with Crippen molar-refractivity contribution in [3.63, 3.8) is 0 Å². The molecule has 4 heteroatoms. The molecule has 0 bridgehead atoms. The highest BCUT2D eigenvalue weighted by Gasteiger charge is 2.25. The predicted molar refractivity (Wildman–Crippen MR) is 51.4 cm³/mol. The average molecular weight is 200 g/mol. The largest absolute Gasteiger partial charge is 0.483 e. The van der Waals surface area contributed by atoms with Crippen molar-refractivity contribution in [1.82, 2.24) is 0 Å². The Morgan fingerprint density at radius 2 is 1.92 bits per heavy atom. The third-order valence-electron chi connectivity index (χ3n) is 1.67. The summed E-state index contributed by atoms with van der Waals surface area (Å²) in [5.74, 6) is 0.368. The van der Waals surface area contributed by atoms with Crippen molar-refractivity contribution >= 4 is 23.3 Å². The summed E-state index contributed by atoms with van der Waals surface area (Å²) in [6.07, 6.45) is 0.0914. The Morgan fingerprint density at radius 1 is 1.38 bits per heavy atom. The van der Waals surface area contributed by atoms with E-state index >= 15 is 0 Å². The second-order valence-electron chi connectivity index (χ2n) is 3.01. The second kappa shape index (κ2) is 3.96. The predicted octanol–water partition coefficient (Wildman–Crippen LogP) is 1.53. The van der Waals surface area contributed by atoms with Gasteiger partial charge < -0.3 is 4.74 Å². The molecule has 0 aromatic rings. The molecule has 1 saturated heterocycles. The van der Waals surface area contributed by atoms with Gasteiger partial charge in [0.15, 0.2) is 16.7 Å². The Bertz CT molecular complexity index is 265. The fourth-order valence-electron chi connectivity index (χ4n) is 1.11. The van der Waals surface area contributed by atoms with Gasteiger partial charge in [0.25, 0.3) is 0 Å². The lowest BCUT2D eigenvalue weighted by Gasteiger charge is -2.05. The minimum atomic E-state index is -0.218. The number of ketones is 2. The summed E-state index contributed by atoms with van der Waals surface area (Å²) in [5.41, 5.74) is 0.203. The van der Waals surface area contributed by atoms with E-state index in [2.05, 4.69) is 0 Å². The van der Waals surface area contributed by atoms with Gasteiger partial charge in [-0.15, -0.1) is 0 Å². The van der Waals surface area contributed by atoms with Crippen molar-refractivity contribution in [1.29, 1.82) is 0 Å².